The van der Waals surface area contributed by atoms with Crippen molar-refractivity contribution in [3.05, 3.63) is 11.3 Å². The summed E-state index contributed by atoms with van der Waals surface area (Å²) in [5.74, 6) is 0.277. The minimum absolute atomic E-state index is 0.121. The fourth-order valence-corrected chi connectivity index (χ4v) is 1.96. The van der Waals surface area contributed by atoms with Gasteiger partial charge in [-0.3, -0.25) is 4.79 Å². The summed E-state index contributed by atoms with van der Waals surface area (Å²) >= 11 is 0. The number of carbonyl (C=O) groups excluding carboxylic acids is 1. The molecule has 0 amide bonds. The monoisotopic (exact) mass is 238 g/mol. The Morgan fingerprint density at radius 2 is 2.00 bits per heavy atom. The molecule has 0 aliphatic heterocycles. The number of allylic oxidation sites excluding steroid dienone is 2. The van der Waals surface area contributed by atoms with Crippen LogP contribution in [0.2, 0.25) is 0 Å². The van der Waals surface area contributed by atoms with E-state index in [4.69, 9.17) is 0 Å². The van der Waals surface area contributed by atoms with Crippen LogP contribution in [0.3, 0.4) is 0 Å². The zero-order valence-corrected chi connectivity index (χ0v) is 11.9. The van der Waals surface area contributed by atoms with Gasteiger partial charge >= 0.3 is 0 Å². The molecule has 1 N–H and O–H groups in total. The van der Waals surface area contributed by atoms with Crippen LogP contribution in [0, 0.1) is 5.41 Å². The Labute approximate surface area is 105 Å². The van der Waals surface area contributed by atoms with E-state index in [1.807, 2.05) is 0 Å². The molecule has 3 heteroatoms. The molecular weight excluding hydrogens is 212 g/mol. The molecule has 0 spiro atoms. The quantitative estimate of drug-likeness (QED) is 0.720. The molecule has 0 unspecified atom stereocenters. The molecule has 0 heterocycles. The third-order valence-electron chi connectivity index (χ3n) is 3.38. The van der Waals surface area contributed by atoms with E-state index in [-0.39, 0.29) is 11.2 Å². The maximum absolute atomic E-state index is 11.5. The van der Waals surface area contributed by atoms with Crippen LogP contribution in [0.5, 0.6) is 0 Å². The first-order valence-electron chi connectivity index (χ1n) is 6.55. The normalized spacial score (nSPS) is 16.5. The van der Waals surface area contributed by atoms with Crippen molar-refractivity contribution >= 4 is 5.78 Å². The van der Waals surface area contributed by atoms with Crippen molar-refractivity contribution in [1.29, 1.82) is 0 Å². The molecule has 1 rings (SSSR count). The summed E-state index contributed by atoms with van der Waals surface area (Å²) in [6, 6.07) is 0. The van der Waals surface area contributed by atoms with Gasteiger partial charge in [0.1, 0.15) is 0 Å². The first-order valence-corrected chi connectivity index (χ1v) is 6.55. The minimum atomic E-state index is 0.121. The van der Waals surface area contributed by atoms with Crippen LogP contribution in [0.4, 0.5) is 0 Å². The molecule has 3 nitrogen and oxygen atoms in total. The van der Waals surface area contributed by atoms with E-state index in [1.165, 1.54) is 5.57 Å². The van der Waals surface area contributed by atoms with Gasteiger partial charge in [0.25, 0.3) is 0 Å². The maximum atomic E-state index is 11.5. The summed E-state index contributed by atoms with van der Waals surface area (Å²) in [5, 5.41) is 3.31. The van der Waals surface area contributed by atoms with Gasteiger partial charge in [0.05, 0.1) is 5.70 Å². The van der Waals surface area contributed by atoms with Crippen LogP contribution >= 0.6 is 0 Å². The molecule has 1 aliphatic carbocycles. The Morgan fingerprint density at radius 3 is 2.47 bits per heavy atom. The highest BCUT2D eigenvalue weighted by atomic mass is 16.1. The van der Waals surface area contributed by atoms with Gasteiger partial charge in [-0.05, 0) is 37.5 Å². The van der Waals surface area contributed by atoms with E-state index in [9.17, 15) is 4.79 Å². The first kappa shape index (κ1) is 14.2. The zero-order valence-electron chi connectivity index (χ0n) is 11.9. The number of nitrogens with one attached hydrogen (secondary N) is 1. The topological polar surface area (TPSA) is 32.3 Å². The molecule has 0 saturated heterocycles. The second-order valence-corrected chi connectivity index (χ2v) is 5.88. The molecule has 0 bridgehead atoms. The van der Waals surface area contributed by atoms with Gasteiger partial charge in [0.2, 0.25) is 0 Å². The molecule has 0 aromatic rings. The third kappa shape index (κ3) is 3.84. The number of hydrogen-bond acceptors (Lipinski definition) is 3. The Balaban J connectivity index is 2.38. The van der Waals surface area contributed by atoms with E-state index in [1.54, 1.807) is 0 Å². The van der Waals surface area contributed by atoms with Crippen LogP contribution in [0.15, 0.2) is 11.3 Å². The van der Waals surface area contributed by atoms with Crippen molar-refractivity contribution in [3.63, 3.8) is 0 Å². The highest BCUT2D eigenvalue weighted by Crippen LogP contribution is 2.37. The Hall–Kier alpha value is -0.830. The average molecular weight is 238 g/mol. The number of nitrogens with zero attached hydrogens (tertiary/aromatic N) is 1. The second kappa shape index (κ2) is 5.67. The van der Waals surface area contributed by atoms with Crippen molar-refractivity contribution in [2.24, 2.45) is 5.41 Å². The van der Waals surface area contributed by atoms with Crippen molar-refractivity contribution < 1.29 is 4.79 Å². The molecule has 0 aromatic carbocycles. The van der Waals surface area contributed by atoms with Gasteiger partial charge in [-0.1, -0.05) is 27.7 Å². The smallest absolute Gasteiger partial charge is 0.182 e. The van der Waals surface area contributed by atoms with Crippen molar-refractivity contribution in [3.8, 4) is 0 Å². The number of carbonyl (C=O) groups is 1. The number of hydrogen-bond donors (Lipinski definition) is 1. The Bertz CT molecular complexity index is 313. The summed E-state index contributed by atoms with van der Waals surface area (Å²) in [4.78, 5) is 13.8. The average Bonchev–Trinajstić information content (AvgIpc) is 2.23. The predicted octanol–water partition coefficient (Wildman–Crippen LogP) is 2.19. The number of rotatable bonds is 6. The van der Waals surface area contributed by atoms with E-state index >= 15 is 0 Å². The van der Waals surface area contributed by atoms with E-state index in [0.717, 1.165) is 31.8 Å². The lowest BCUT2D eigenvalue weighted by Gasteiger charge is -2.33. The summed E-state index contributed by atoms with van der Waals surface area (Å²) in [5.41, 5.74) is 2.29. The van der Waals surface area contributed by atoms with Crippen molar-refractivity contribution in [1.82, 2.24) is 10.2 Å². The molecular formula is C14H26N2O. The predicted molar refractivity (Wildman–Crippen MR) is 71.9 cm³/mol. The Kier molecular flexibility index (Phi) is 4.75. The SMILES string of the molecule is CCN(C)CCCNC1=C(C(C)(C)C)CC1=O. The summed E-state index contributed by atoms with van der Waals surface area (Å²) in [7, 11) is 2.12. The van der Waals surface area contributed by atoms with Gasteiger partial charge in [0.15, 0.2) is 5.78 Å². The lowest BCUT2D eigenvalue weighted by Crippen LogP contribution is -2.36. The van der Waals surface area contributed by atoms with Crippen LogP contribution in [-0.2, 0) is 4.79 Å². The molecule has 17 heavy (non-hydrogen) atoms. The highest BCUT2D eigenvalue weighted by molar-refractivity contribution is 6.04. The fourth-order valence-electron chi connectivity index (χ4n) is 1.96. The zero-order chi connectivity index (χ0) is 13.1. The van der Waals surface area contributed by atoms with E-state index < -0.39 is 0 Å². The number of Topliss-reactive ketones (excluding diaryl/α,β-unsaturated/α-hetero) is 1. The third-order valence-corrected chi connectivity index (χ3v) is 3.38. The molecule has 0 fully saturated rings. The van der Waals surface area contributed by atoms with E-state index in [0.29, 0.717) is 6.42 Å². The molecule has 0 saturated carbocycles. The van der Waals surface area contributed by atoms with Crippen molar-refractivity contribution in [2.45, 2.75) is 40.5 Å². The summed E-state index contributed by atoms with van der Waals surface area (Å²) < 4.78 is 0. The van der Waals surface area contributed by atoms with Gasteiger partial charge in [-0.15, -0.1) is 0 Å². The second-order valence-electron chi connectivity index (χ2n) is 5.88. The van der Waals surface area contributed by atoms with Crippen LogP contribution < -0.4 is 5.32 Å². The van der Waals surface area contributed by atoms with Crippen LogP contribution in [0.25, 0.3) is 0 Å². The number of ketones is 1. The van der Waals surface area contributed by atoms with Gasteiger partial charge in [0, 0.05) is 13.0 Å². The molecule has 98 valence electrons. The Morgan fingerprint density at radius 1 is 1.35 bits per heavy atom. The van der Waals surface area contributed by atoms with Gasteiger partial charge in [-0.2, -0.15) is 0 Å². The van der Waals surface area contributed by atoms with Crippen LogP contribution in [0.1, 0.15) is 40.5 Å². The van der Waals surface area contributed by atoms with Gasteiger partial charge in [-0.25, -0.2) is 0 Å². The molecule has 0 radical (unpaired) electrons. The van der Waals surface area contributed by atoms with E-state index in [2.05, 4.69) is 45.0 Å². The molecule has 0 aromatic heterocycles. The van der Waals surface area contributed by atoms with Crippen LogP contribution in [-0.4, -0.2) is 37.4 Å². The largest absolute Gasteiger partial charge is 0.382 e. The van der Waals surface area contributed by atoms with Gasteiger partial charge < -0.3 is 10.2 Å². The van der Waals surface area contributed by atoms with Crippen molar-refractivity contribution in [2.75, 3.05) is 26.7 Å². The maximum Gasteiger partial charge on any atom is 0.182 e. The fraction of sp³-hybridized carbons (Fsp3) is 0.786. The summed E-state index contributed by atoms with van der Waals surface area (Å²) in [6.45, 7) is 11.7. The summed E-state index contributed by atoms with van der Waals surface area (Å²) in [6.07, 6.45) is 1.72. The minimum Gasteiger partial charge on any atom is -0.382 e. The highest BCUT2D eigenvalue weighted by Gasteiger charge is 2.34. The lowest BCUT2D eigenvalue weighted by molar-refractivity contribution is -0.117. The molecule has 0 atom stereocenters. The lowest BCUT2D eigenvalue weighted by atomic mass is 9.75. The standard InChI is InChI=1S/C14H26N2O/c1-6-16(5)9-7-8-15-13-11(10-12(13)17)14(2,3)4/h15H,6-10H2,1-5H3. The molecule has 1 aliphatic rings. The first-order chi connectivity index (χ1) is 7.86.